The topological polar surface area (TPSA) is 185 Å². The van der Waals surface area contributed by atoms with Crippen LogP contribution in [0.3, 0.4) is 0 Å². The van der Waals surface area contributed by atoms with Crippen LogP contribution in [0.2, 0.25) is 0 Å². The largest absolute Gasteiger partial charge is 0.504 e. The van der Waals surface area contributed by atoms with Gasteiger partial charge in [-0.25, -0.2) is 4.79 Å². The molecular weight excluding hydrogens is 468 g/mol. The third kappa shape index (κ3) is 4.83. The summed E-state index contributed by atoms with van der Waals surface area (Å²) in [5.41, 5.74) is -1.28. The number of aliphatic hydroxyl groups is 5. The van der Waals surface area contributed by atoms with Gasteiger partial charge in [0.2, 0.25) is 6.29 Å². The molecule has 35 heavy (non-hydrogen) atoms. The van der Waals surface area contributed by atoms with Crippen molar-refractivity contribution in [2.24, 2.45) is 11.8 Å². The van der Waals surface area contributed by atoms with Crippen molar-refractivity contribution in [3.8, 4) is 11.5 Å². The highest BCUT2D eigenvalue weighted by Gasteiger charge is 2.58. The number of carbonyl (C=O) groups is 1. The zero-order valence-corrected chi connectivity index (χ0v) is 19.1. The molecule has 10 atom stereocenters. The molecule has 0 bridgehead atoms. The molecule has 0 amide bonds. The van der Waals surface area contributed by atoms with Crippen LogP contribution in [0.4, 0.5) is 0 Å². The highest BCUT2D eigenvalue weighted by atomic mass is 16.8. The fourth-order valence-electron chi connectivity index (χ4n) is 4.90. The van der Waals surface area contributed by atoms with E-state index in [0.29, 0.717) is 0 Å². The number of ether oxygens (including phenoxy) is 5. The summed E-state index contributed by atoms with van der Waals surface area (Å²) in [6.07, 6.45) is -6.40. The summed E-state index contributed by atoms with van der Waals surface area (Å²) in [4.78, 5) is 12.8. The van der Waals surface area contributed by atoms with E-state index in [2.05, 4.69) is 0 Å². The molecule has 3 aliphatic rings. The van der Waals surface area contributed by atoms with E-state index in [1.165, 1.54) is 38.5 Å². The first-order valence-corrected chi connectivity index (χ1v) is 11.2. The maximum atomic E-state index is 12.8. The van der Waals surface area contributed by atoms with Crippen LogP contribution in [0.25, 0.3) is 0 Å². The molecule has 4 rings (SSSR count). The highest BCUT2D eigenvalue weighted by Crippen LogP contribution is 2.48. The number of fused-ring (bicyclic) bond motifs is 1. The van der Waals surface area contributed by atoms with Gasteiger partial charge in [0.1, 0.15) is 30.5 Å². The summed E-state index contributed by atoms with van der Waals surface area (Å²) in [7, 11) is 1.35. The number of phenolic OH excluding ortho intramolecular Hbond substituents is 1. The zero-order valence-electron chi connectivity index (χ0n) is 19.1. The normalized spacial score (nSPS) is 40.6. The number of carbonyl (C=O) groups excluding carboxylic acids is 1. The van der Waals surface area contributed by atoms with E-state index in [1.54, 1.807) is 6.08 Å². The fourth-order valence-corrected chi connectivity index (χ4v) is 4.90. The molecule has 0 aromatic heterocycles. The molecule has 2 aliphatic heterocycles. The molecule has 12 nitrogen and oxygen atoms in total. The van der Waals surface area contributed by atoms with Gasteiger partial charge in [-0.3, -0.25) is 0 Å². The molecular formula is C23H30O12. The minimum absolute atomic E-state index is 0.0472. The van der Waals surface area contributed by atoms with Gasteiger partial charge in [0.25, 0.3) is 0 Å². The second kappa shape index (κ2) is 9.90. The van der Waals surface area contributed by atoms with E-state index in [0.717, 1.165) is 0 Å². The van der Waals surface area contributed by atoms with Crippen molar-refractivity contribution < 1.29 is 59.1 Å². The Hall–Kier alpha value is -2.45. The third-order valence-electron chi connectivity index (χ3n) is 6.77. The first-order valence-electron chi connectivity index (χ1n) is 11.2. The summed E-state index contributed by atoms with van der Waals surface area (Å²) in [6, 6.07) is 4.03. The van der Waals surface area contributed by atoms with E-state index >= 15 is 0 Å². The molecule has 1 aliphatic carbocycles. The number of aromatic hydroxyl groups is 1. The van der Waals surface area contributed by atoms with Crippen LogP contribution >= 0.6 is 0 Å². The summed E-state index contributed by atoms with van der Waals surface area (Å²) >= 11 is 0. The SMILES string of the molecule is COc1cc(C(=O)OC2C[C@](C)(O)[C@H]3C(OC4OC(CO)C(O)C(O)C4O)OC=C[C@@H]23)ccc1O. The van der Waals surface area contributed by atoms with E-state index < -0.39 is 73.1 Å². The van der Waals surface area contributed by atoms with Crippen LogP contribution in [0.15, 0.2) is 30.5 Å². The zero-order chi connectivity index (χ0) is 25.5. The van der Waals surface area contributed by atoms with E-state index in [9.17, 15) is 35.4 Å². The van der Waals surface area contributed by atoms with E-state index in [4.69, 9.17) is 23.7 Å². The quantitative estimate of drug-likeness (QED) is 0.263. The molecule has 0 radical (unpaired) electrons. The predicted molar refractivity (Wildman–Crippen MR) is 115 cm³/mol. The Balaban J connectivity index is 1.50. The number of hydrogen-bond acceptors (Lipinski definition) is 12. The number of methoxy groups -OCH3 is 1. The molecule has 1 saturated carbocycles. The van der Waals surface area contributed by atoms with Crippen molar-refractivity contribution in [2.75, 3.05) is 13.7 Å². The molecule has 6 N–H and O–H groups in total. The first kappa shape index (κ1) is 25.6. The number of phenols is 1. The highest BCUT2D eigenvalue weighted by molar-refractivity contribution is 5.90. The van der Waals surface area contributed by atoms with Crippen molar-refractivity contribution in [2.45, 2.75) is 62.0 Å². The molecule has 0 spiro atoms. The van der Waals surface area contributed by atoms with Gasteiger partial charge in [-0.1, -0.05) is 0 Å². The third-order valence-corrected chi connectivity index (χ3v) is 6.77. The van der Waals surface area contributed by atoms with E-state index in [1.807, 2.05) is 0 Å². The summed E-state index contributed by atoms with van der Waals surface area (Å²) in [6.45, 7) is 0.911. The lowest BCUT2D eigenvalue weighted by atomic mass is 9.85. The van der Waals surface area contributed by atoms with Crippen molar-refractivity contribution in [3.63, 3.8) is 0 Å². The Morgan fingerprint density at radius 2 is 1.91 bits per heavy atom. The molecule has 2 heterocycles. The van der Waals surface area contributed by atoms with Crippen LogP contribution in [-0.4, -0.2) is 99.0 Å². The van der Waals surface area contributed by atoms with Crippen LogP contribution in [-0.2, 0) is 18.9 Å². The van der Waals surface area contributed by atoms with Crippen molar-refractivity contribution in [1.82, 2.24) is 0 Å². The Bertz CT molecular complexity index is 946. The maximum absolute atomic E-state index is 12.8. The maximum Gasteiger partial charge on any atom is 0.338 e. The van der Waals surface area contributed by atoms with Gasteiger partial charge in [-0.05, 0) is 31.2 Å². The van der Waals surface area contributed by atoms with E-state index in [-0.39, 0.29) is 23.5 Å². The Labute approximate surface area is 200 Å². The van der Waals surface area contributed by atoms with Crippen LogP contribution in [0.5, 0.6) is 11.5 Å². The number of hydrogen-bond donors (Lipinski definition) is 6. The molecule has 1 saturated heterocycles. The lowest BCUT2D eigenvalue weighted by molar-refractivity contribution is -0.346. The van der Waals surface area contributed by atoms with Gasteiger partial charge in [-0.2, -0.15) is 0 Å². The first-order chi connectivity index (χ1) is 16.6. The predicted octanol–water partition coefficient (Wildman–Crippen LogP) is -1.00. The summed E-state index contributed by atoms with van der Waals surface area (Å²) in [5.74, 6) is -2.00. The summed E-state index contributed by atoms with van der Waals surface area (Å²) < 4.78 is 27.4. The second-order valence-electron chi connectivity index (χ2n) is 9.16. The Morgan fingerprint density at radius 1 is 1.17 bits per heavy atom. The van der Waals surface area contributed by atoms with Crippen LogP contribution in [0, 0.1) is 11.8 Å². The van der Waals surface area contributed by atoms with Gasteiger partial charge in [0.15, 0.2) is 17.8 Å². The Kier molecular flexibility index (Phi) is 7.25. The average molecular weight is 498 g/mol. The molecule has 2 fully saturated rings. The van der Waals surface area contributed by atoms with Crippen LogP contribution in [0.1, 0.15) is 23.7 Å². The minimum Gasteiger partial charge on any atom is -0.504 e. The number of esters is 1. The van der Waals surface area contributed by atoms with Crippen molar-refractivity contribution >= 4 is 5.97 Å². The number of aliphatic hydroxyl groups excluding tert-OH is 4. The van der Waals surface area contributed by atoms with Gasteiger partial charge in [0, 0.05) is 12.3 Å². The second-order valence-corrected chi connectivity index (χ2v) is 9.16. The molecule has 7 unspecified atom stereocenters. The smallest absolute Gasteiger partial charge is 0.338 e. The molecule has 194 valence electrons. The molecule has 1 aromatic rings. The van der Waals surface area contributed by atoms with Crippen molar-refractivity contribution in [1.29, 1.82) is 0 Å². The lowest BCUT2D eigenvalue weighted by Gasteiger charge is -2.43. The lowest BCUT2D eigenvalue weighted by Crippen LogP contribution is -2.60. The minimum atomic E-state index is -1.65. The molecule has 12 heteroatoms. The van der Waals surface area contributed by atoms with Gasteiger partial charge < -0.3 is 54.3 Å². The standard InChI is InChI=1S/C23H30O12/c1-23(30)8-14(33-20(29)10-3-4-12(25)13(7-10)31-2)11-5-6-32-21(16(11)23)35-22-19(28)18(27)17(26)15(9-24)34-22/h3-7,11,14-19,21-22,24-28,30H,8-9H2,1-2H3/t11-,14?,15?,16+,17?,18?,19?,21?,22?,23-/m0/s1. The summed E-state index contributed by atoms with van der Waals surface area (Å²) in [5, 5.41) is 60.6. The van der Waals surface area contributed by atoms with Gasteiger partial charge in [0.05, 0.1) is 37.1 Å². The van der Waals surface area contributed by atoms with Gasteiger partial charge in [-0.15, -0.1) is 0 Å². The fraction of sp³-hybridized carbons (Fsp3) is 0.609. The van der Waals surface area contributed by atoms with Crippen LogP contribution < -0.4 is 4.74 Å². The van der Waals surface area contributed by atoms with Gasteiger partial charge >= 0.3 is 5.97 Å². The number of rotatable bonds is 6. The number of benzene rings is 1. The average Bonchev–Trinajstić information content (AvgIpc) is 3.09. The monoisotopic (exact) mass is 498 g/mol. The van der Waals surface area contributed by atoms with Crippen molar-refractivity contribution in [3.05, 3.63) is 36.1 Å². The Morgan fingerprint density at radius 3 is 2.60 bits per heavy atom. The molecule has 1 aromatic carbocycles.